The van der Waals surface area contributed by atoms with Crippen molar-refractivity contribution >= 4 is 33.0 Å². The topological polar surface area (TPSA) is 83.5 Å². The standard InChI is InChI=1S/C13H13NO4S2/c1-2-9-4-3-5-10(8-9)14-20(17,18)11-6-7-19-12(11)13(15)16/h3-8,14H,2H2,1H3,(H,15,16). The van der Waals surface area contributed by atoms with Gasteiger partial charge in [-0.3, -0.25) is 4.72 Å². The average Bonchev–Trinajstić information content (AvgIpc) is 2.88. The predicted molar refractivity (Wildman–Crippen MR) is 77.9 cm³/mol. The summed E-state index contributed by atoms with van der Waals surface area (Å²) in [5.74, 6) is -1.25. The third kappa shape index (κ3) is 3.00. The summed E-state index contributed by atoms with van der Waals surface area (Å²) in [5.41, 5.74) is 1.42. The molecule has 0 aliphatic rings. The molecule has 0 amide bonds. The molecule has 0 unspecified atom stereocenters. The predicted octanol–water partition coefficient (Wildman–Crippen LogP) is 2.81. The highest BCUT2D eigenvalue weighted by atomic mass is 32.2. The number of thiophene rings is 1. The van der Waals surface area contributed by atoms with Gasteiger partial charge in [-0.15, -0.1) is 11.3 Å². The number of aromatic carboxylic acids is 1. The molecule has 0 fully saturated rings. The zero-order valence-electron chi connectivity index (χ0n) is 10.7. The van der Waals surface area contributed by atoms with E-state index in [1.54, 1.807) is 18.2 Å². The number of carboxylic acid groups (broad SMARTS) is 1. The lowest BCUT2D eigenvalue weighted by atomic mass is 10.1. The first-order chi connectivity index (χ1) is 9.44. The highest BCUT2D eigenvalue weighted by Gasteiger charge is 2.23. The van der Waals surface area contributed by atoms with Crippen molar-refractivity contribution in [3.05, 3.63) is 46.2 Å². The second-order valence-corrected chi connectivity index (χ2v) is 6.65. The van der Waals surface area contributed by atoms with Gasteiger partial charge in [0.25, 0.3) is 10.0 Å². The summed E-state index contributed by atoms with van der Waals surface area (Å²) in [6.07, 6.45) is 0.786. The fraction of sp³-hybridized carbons (Fsp3) is 0.154. The van der Waals surface area contributed by atoms with Crippen LogP contribution in [-0.4, -0.2) is 19.5 Å². The largest absolute Gasteiger partial charge is 0.477 e. The maximum atomic E-state index is 12.2. The van der Waals surface area contributed by atoms with Crippen LogP contribution in [-0.2, 0) is 16.4 Å². The van der Waals surface area contributed by atoms with Crippen molar-refractivity contribution in [1.29, 1.82) is 0 Å². The van der Waals surface area contributed by atoms with Crippen LogP contribution in [0.15, 0.2) is 40.6 Å². The summed E-state index contributed by atoms with van der Waals surface area (Å²) in [4.78, 5) is 10.6. The lowest BCUT2D eigenvalue weighted by Crippen LogP contribution is -2.15. The first-order valence-corrected chi connectivity index (χ1v) is 8.23. The van der Waals surface area contributed by atoms with Gasteiger partial charge >= 0.3 is 5.97 Å². The summed E-state index contributed by atoms with van der Waals surface area (Å²) < 4.78 is 26.8. The van der Waals surface area contributed by atoms with Crippen molar-refractivity contribution in [2.45, 2.75) is 18.2 Å². The molecule has 0 aliphatic carbocycles. The number of benzene rings is 1. The smallest absolute Gasteiger partial charge is 0.347 e. The van der Waals surface area contributed by atoms with Crippen LogP contribution in [0.1, 0.15) is 22.2 Å². The Kier molecular flexibility index (Phi) is 4.10. The first-order valence-electron chi connectivity index (χ1n) is 5.86. The number of hydrogen-bond donors (Lipinski definition) is 2. The highest BCUT2D eigenvalue weighted by Crippen LogP contribution is 2.24. The average molecular weight is 311 g/mol. The van der Waals surface area contributed by atoms with E-state index in [1.165, 1.54) is 11.4 Å². The summed E-state index contributed by atoms with van der Waals surface area (Å²) >= 11 is 0.884. The summed E-state index contributed by atoms with van der Waals surface area (Å²) in [6.45, 7) is 1.97. The molecule has 0 aliphatic heterocycles. The normalized spacial score (nSPS) is 11.2. The van der Waals surface area contributed by atoms with Gasteiger partial charge in [0.2, 0.25) is 0 Å². The van der Waals surface area contributed by atoms with Crippen LogP contribution >= 0.6 is 11.3 Å². The van der Waals surface area contributed by atoms with Crippen LogP contribution in [0.3, 0.4) is 0 Å². The van der Waals surface area contributed by atoms with Crippen molar-refractivity contribution < 1.29 is 18.3 Å². The van der Waals surface area contributed by atoms with E-state index in [0.717, 1.165) is 23.3 Å². The van der Waals surface area contributed by atoms with Gasteiger partial charge in [0.1, 0.15) is 9.77 Å². The van der Waals surface area contributed by atoms with E-state index in [0.29, 0.717) is 5.69 Å². The second kappa shape index (κ2) is 5.64. The molecular formula is C13H13NO4S2. The number of nitrogens with one attached hydrogen (secondary N) is 1. The van der Waals surface area contributed by atoms with E-state index >= 15 is 0 Å². The van der Waals surface area contributed by atoms with E-state index in [9.17, 15) is 13.2 Å². The van der Waals surface area contributed by atoms with Crippen molar-refractivity contribution in [1.82, 2.24) is 0 Å². The number of carbonyl (C=O) groups is 1. The third-order valence-electron chi connectivity index (χ3n) is 2.70. The molecule has 1 aromatic heterocycles. The lowest BCUT2D eigenvalue weighted by Gasteiger charge is -2.08. The van der Waals surface area contributed by atoms with Crippen LogP contribution in [0.25, 0.3) is 0 Å². The Morgan fingerprint density at radius 2 is 2.10 bits per heavy atom. The number of sulfonamides is 1. The maximum absolute atomic E-state index is 12.2. The minimum absolute atomic E-state index is 0.191. The Balaban J connectivity index is 2.35. The van der Waals surface area contributed by atoms with Gasteiger partial charge in [-0.25, -0.2) is 13.2 Å². The molecular weight excluding hydrogens is 298 g/mol. The minimum Gasteiger partial charge on any atom is -0.477 e. The molecule has 0 spiro atoms. The van der Waals surface area contributed by atoms with Crippen molar-refractivity contribution in [2.75, 3.05) is 4.72 Å². The second-order valence-electron chi connectivity index (χ2n) is 4.08. The molecule has 5 nitrogen and oxygen atoms in total. The van der Waals surface area contributed by atoms with Crippen molar-refractivity contribution in [3.63, 3.8) is 0 Å². The molecule has 0 atom stereocenters. The number of aryl methyl sites for hydroxylation is 1. The first kappa shape index (κ1) is 14.5. The van der Waals surface area contributed by atoms with E-state index in [-0.39, 0.29) is 9.77 Å². The zero-order chi connectivity index (χ0) is 14.8. The molecule has 20 heavy (non-hydrogen) atoms. The lowest BCUT2D eigenvalue weighted by molar-refractivity contribution is 0.0698. The number of anilines is 1. The molecule has 7 heteroatoms. The van der Waals surface area contributed by atoms with Crippen LogP contribution in [0.2, 0.25) is 0 Å². The van der Waals surface area contributed by atoms with Gasteiger partial charge in [0.05, 0.1) is 0 Å². The van der Waals surface area contributed by atoms with Crippen LogP contribution < -0.4 is 4.72 Å². The van der Waals surface area contributed by atoms with Gasteiger partial charge in [-0.2, -0.15) is 0 Å². The number of rotatable bonds is 5. The molecule has 106 valence electrons. The van der Waals surface area contributed by atoms with E-state index < -0.39 is 16.0 Å². The Morgan fingerprint density at radius 1 is 1.35 bits per heavy atom. The summed E-state index contributed by atoms with van der Waals surface area (Å²) in [6, 6.07) is 8.29. The van der Waals surface area contributed by atoms with E-state index in [2.05, 4.69) is 4.72 Å². The Morgan fingerprint density at radius 3 is 2.75 bits per heavy atom. The summed E-state index contributed by atoms with van der Waals surface area (Å²) in [5, 5.41) is 10.4. The van der Waals surface area contributed by atoms with Crippen LogP contribution in [0.5, 0.6) is 0 Å². The highest BCUT2D eigenvalue weighted by molar-refractivity contribution is 7.93. The number of hydrogen-bond acceptors (Lipinski definition) is 4. The number of carboxylic acids is 1. The van der Waals surface area contributed by atoms with Gasteiger partial charge < -0.3 is 5.11 Å². The molecule has 1 heterocycles. The van der Waals surface area contributed by atoms with Gasteiger partial charge in [0.15, 0.2) is 0 Å². The quantitative estimate of drug-likeness (QED) is 0.889. The molecule has 0 bridgehead atoms. The SMILES string of the molecule is CCc1cccc(NS(=O)(=O)c2ccsc2C(=O)O)c1. The van der Waals surface area contributed by atoms with Crippen molar-refractivity contribution in [2.24, 2.45) is 0 Å². The van der Waals surface area contributed by atoms with Crippen LogP contribution in [0.4, 0.5) is 5.69 Å². The van der Waals surface area contributed by atoms with Gasteiger partial charge in [-0.1, -0.05) is 19.1 Å². The van der Waals surface area contributed by atoms with Gasteiger partial charge in [0, 0.05) is 5.69 Å². The van der Waals surface area contributed by atoms with E-state index in [4.69, 9.17) is 5.11 Å². The molecule has 0 radical (unpaired) electrons. The molecule has 2 N–H and O–H groups in total. The summed E-state index contributed by atoms with van der Waals surface area (Å²) in [7, 11) is -3.89. The Bertz CT molecular complexity index is 734. The molecule has 2 aromatic rings. The Hall–Kier alpha value is -1.86. The van der Waals surface area contributed by atoms with Crippen molar-refractivity contribution in [3.8, 4) is 0 Å². The molecule has 0 saturated heterocycles. The zero-order valence-corrected chi connectivity index (χ0v) is 12.3. The molecule has 1 aromatic carbocycles. The van der Waals surface area contributed by atoms with E-state index in [1.807, 2.05) is 13.0 Å². The Labute approximate surface area is 120 Å². The maximum Gasteiger partial charge on any atom is 0.347 e. The molecule has 0 saturated carbocycles. The van der Waals surface area contributed by atoms with Crippen LogP contribution in [0, 0.1) is 0 Å². The monoisotopic (exact) mass is 311 g/mol. The fourth-order valence-electron chi connectivity index (χ4n) is 1.73. The minimum atomic E-state index is -3.89. The fourth-order valence-corrected chi connectivity index (χ4v) is 4.04. The third-order valence-corrected chi connectivity index (χ3v) is 5.16. The molecule has 2 rings (SSSR count). The van der Waals surface area contributed by atoms with Gasteiger partial charge in [-0.05, 0) is 35.6 Å².